The molecule has 1 amide bonds. The maximum Gasteiger partial charge on any atom is 0.242 e. The number of carbonyl (C=O) groups excluding carboxylic acids is 1. The number of likely N-dealkylation sites (N-methyl/N-ethyl adjacent to an activating group) is 1. The van der Waals surface area contributed by atoms with Crippen LogP contribution in [0.25, 0.3) is 0 Å². The molecule has 1 heterocycles. The molecule has 2 N–H and O–H groups in total. The molecule has 1 rings (SSSR count). The molecule has 3 nitrogen and oxygen atoms in total. The monoisotopic (exact) mass is 240 g/mol. The smallest absolute Gasteiger partial charge is 0.242 e. The van der Waals surface area contributed by atoms with Crippen LogP contribution in [0.1, 0.15) is 32.3 Å². The maximum absolute atomic E-state index is 12.2. The summed E-state index contributed by atoms with van der Waals surface area (Å²) in [6.45, 7) is 4.56. The number of hydrogen-bond acceptors (Lipinski definition) is 3. The summed E-state index contributed by atoms with van der Waals surface area (Å²) in [5, 5.41) is 4.07. The Labute approximate surface area is 101 Å². The summed E-state index contributed by atoms with van der Waals surface area (Å²) in [5.74, 6) is 0.0312. The van der Waals surface area contributed by atoms with E-state index in [1.54, 1.807) is 16.2 Å². The van der Waals surface area contributed by atoms with Crippen LogP contribution in [-0.2, 0) is 11.3 Å². The van der Waals surface area contributed by atoms with Gasteiger partial charge < -0.3 is 10.6 Å². The largest absolute Gasteiger partial charge is 0.340 e. The predicted octanol–water partition coefficient (Wildman–Crippen LogP) is 2.22. The van der Waals surface area contributed by atoms with Gasteiger partial charge in [-0.15, -0.1) is 0 Å². The number of thiophene rings is 1. The highest BCUT2D eigenvalue weighted by Gasteiger charge is 2.32. The quantitative estimate of drug-likeness (QED) is 0.858. The second-order valence-corrected chi connectivity index (χ2v) is 4.94. The molecule has 0 unspecified atom stereocenters. The molecule has 0 atom stereocenters. The second kappa shape index (κ2) is 5.46. The lowest BCUT2D eigenvalue weighted by Gasteiger charge is -2.30. The van der Waals surface area contributed by atoms with Crippen LogP contribution >= 0.6 is 11.3 Å². The van der Waals surface area contributed by atoms with Crippen molar-refractivity contribution in [3.63, 3.8) is 0 Å². The van der Waals surface area contributed by atoms with Crippen molar-refractivity contribution in [1.82, 2.24) is 4.90 Å². The molecule has 4 heteroatoms. The Morgan fingerprint density at radius 3 is 2.56 bits per heavy atom. The summed E-state index contributed by atoms with van der Waals surface area (Å²) in [6.07, 6.45) is 1.35. The zero-order chi connectivity index (χ0) is 12.2. The van der Waals surface area contributed by atoms with Crippen molar-refractivity contribution in [3.8, 4) is 0 Å². The van der Waals surface area contributed by atoms with E-state index < -0.39 is 5.54 Å². The van der Waals surface area contributed by atoms with Crippen LogP contribution in [0.2, 0.25) is 0 Å². The molecule has 1 aromatic heterocycles. The second-order valence-electron chi connectivity index (χ2n) is 4.16. The minimum Gasteiger partial charge on any atom is -0.340 e. The minimum atomic E-state index is -0.704. The first-order valence-electron chi connectivity index (χ1n) is 5.59. The average molecular weight is 240 g/mol. The van der Waals surface area contributed by atoms with Crippen molar-refractivity contribution in [3.05, 3.63) is 22.4 Å². The van der Waals surface area contributed by atoms with E-state index in [4.69, 9.17) is 5.73 Å². The van der Waals surface area contributed by atoms with E-state index in [1.165, 1.54) is 0 Å². The van der Waals surface area contributed by atoms with E-state index in [9.17, 15) is 4.79 Å². The number of hydrogen-bond donors (Lipinski definition) is 1. The predicted molar refractivity (Wildman–Crippen MR) is 68.3 cm³/mol. The van der Waals surface area contributed by atoms with Gasteiger partial charge in [-0.25, -0.2) is 0 Å². The van der Waals surface area contributed by atoms with Gasteiger partial charge in [0.05, 0.1) is 5.54 Å². The van der Waals surface area contributed by atoms with Crippen molar-refractivity contribution in [2.45, 2.75) is 38.8 Å². The number of rotatable bonds is 5. The van der Waals surface area contributed by atoms with E-state index in [0.717, 1.165) is 5.56 Å². The number of amides is 1. The third kappa shape index (κ3) is 2.83. The van der Waals surface area contributed by atoms with Gasteiger partial charge in [0.25, 0.3) is 0 Å². The molecule has 0 saturated heterocycles. The van der Waals surface area contributed by atoms with E-state index >= 15 is 0 Å². The zero-order valence-corrected chi connectivity index (χ0v) is 11.0. The van der Waals surface area contributed by atoms with Gasteiger partial charge >= 0.3 is 0 Å². The lowest BCUT2D eigenvalue weighted by molar-refractivity contribution is -0.136. The first-order chi connectivity index (χ1) is 7.53. The van der Waals surface area contributed by atoms with Crippen molar-refractivity contribution in [1.29, 1.82) is 0 Å². The Kier molecular flexibility index (Phi) is 4.50. The van der Waals surface area contributed by atoms with Gasteiger partial charge in [-0.05, 0) is 35.2 Å². The van der Waals surface area contributed by atoms with Crippen LogP contribution in [0, 0.1) is 0 Å². The van der Waals surface area contributed by atoms with Gasteiger partial charge in [0, 0.05) is 13.6 Å². The maximum atomic E-state index is 12.2. The Hall–Kier alpha value is -0.870. The lowest BCUT2D eigenvalue weighted by atomic mass is 9.92. The fourth-order valence-corrected chi connectivity index (χ4v) is 2.32. The van der Waals surface area contributed by atoms with Crippen LogP contribution in [0.4, 0.5) is 0 Å². The van der Waals surface area contributed by atoms with Crippen molar-refractivity contribution < 1.29 is 4.79 Å². The highest BCUT2D eigenvalue weighted by atomic mass is 32.1. The molecule has 0 fully saturated rings. The number of nitrogens with two attached hydrogens (primary N) is 1. The molecule has 90 valence electrons. The molecule has 16 heavy (non-hydrogen) atoms. The zero-order valence-electron chi connectivity index (χ0n) is 10.2. The molecule has 0 aromatic carbocycles. The van der Waals surface area contributed by atoms with Crippen molar-refractivity contribution in [2.24, 2.45) is 5.73 Å². The molecule has 0 radical (unpaired) electrons. The first kappa shape index (κ1) is 13.2. The summed E-state index contributed by atoms with van der Waals surface area (Å²) in [6, 6.07) is 2.03. The molecule has 0 aliphatic carbocycles. The Morgan fingerprint density at radius 2 is 2.12 bits per heavy atom. The Morgan fingerprint density at radius 1 is 1.50 bits per heavy atom. The molecule has 0 aliphatic heterocycles. The molecular weight excluding hydrogens is 220 g/mol. The number of carbonyl (C=O) groups is 1. The van der Waals surface area contributed by atoms with Crippen molar-refractivity contribution >= 4 is 17.2 Å². The molecule has 0 bridgehead atoms. The van der Waals surface area contributed by atoms with Crippen molar-refractivity contribution in [2.75, 3.05) is 7.05 Å². The summed E-state index contributed by atoms with van der Waals surface area (Å²) in [4.78, 5) is 13.9. The lowest BCUT2D eigenvalue weighted by Crippen LogP contribution is -2.53. The fraction of sp³-hybridized carbons (Fsp3) is 0.583. The summed E-state index contributed by atoms with van der Waals surface area (Å²) in [7, 11) is 1.81. The standard InChI is InChI=1S/C12H20N2OS/c1-4-12(13,5-2)11(15)14(3)8-10-6-7-16-9-10/h6-7,9H,4-5,8,13H2,1-3H3. The van der Waals surface area contributed by atoms with E-state index in [2.05, 4.69) is 5.38 Å². The SMILES string of the molecule is CCC(N)(CC)C(=O)N(C)Cc1ccsc1. The van der Waals surface area contributed by atoms with E-state index in [1.807, 2.05) is 32.3 Å². The summed E-state index contributed by atoms with van der Waals surface area (Å²) >= 11 is 1.64. The van der Waals surface area contributed by atoms with Crippen LogP contribution < -0.4 is 5.73 Å². The van der Waals surface area contributed by atoms with Gasteiger partial charge in [0.15, 0.2) is 0 Å². The molecule has 1 aromatic rings. The molecule has 0 aliphatic rings. The van der Waals surface area contributed by atoms with Crippen LogP contribution in [0.5, 0.6) is 0 Å². The minimum absolute atomic E-state index is 0.0312. The first-order valence-corrected chi connectivity index (χ1v) is 6.53. The summed E-state index contributed by atoms with van der Waals surface area (Å²) in [5.41, 5.74) is 6.54. The topological polar surface area (TPSA) is 46.3 Å². The van der Waals surface area contributed by atoms with E-state index in [0.29, 0.717) is 19.4 Å². The fourth-order valence-electron chi connectivity index (χ4n) is 1.66. The third-order valence-corrected chi connectivity index (χ3v) is 3.77. The number of nitrogens with zero attached hydrogens (tertiary/aromatic N) is 1. The Bertz CT molecular complexity index is 331. The highest BCUT2D eigenvalue weighted by Crippen LogP contribution is 2.16. The normalized spacial score (nSPS) is 11.5. The molecule has 0 spiro atoms. The average Bonchev–Trinajstić information content (AvgIpc) is 2.79. The van der Waals surface area contributed by atoms with Crippen LogP contribution in [-0.4, -0.2) is 23.4 Å². The Balaban J connectivity index is 2.67. The summed E-state index contributed by atoms with van der Waals surface area (Å²) < 4.78 is 0. The van der Waals surface area contributed by atoms with Crippen LogP contribution in [0.3, 0.4) is 0 Å². The molecule has 0 saturated carbocycles. The van der Waals surface area contributed by atoms with Gasteiger partial charge in [-0.2, -0.15) is 11.3 Å². The molecular formula is C12H20N2OS. The van der Waals surface area contributed by atoms with Crippen LogP contribution in [0.15, 0.2) is 16.8 Å². The van der Waals surface area contributed by atoms with E-state index in [-0.39, 0.29) is 5.91 Å². The third-order valence-electron chi connectivity index (χ3n) is 3.03. The van der Waals surface area contributed by atoms with Gasteiger partial charge in [0.1, 0.15) is 0 Å². The van der Waals surface area contributed by atoms with Gasteiger partial charge in [0.2, 0.25) is 5.91 Å². The van der Waals surface area contributed by atoms with Gasteiger partial charge in [-0.1, -0.05) is 13.8 Å². The highest BCUT2D eigenvalue weighted by molar-refractivity contribution is 7.07. The van der Waals surface area contributed by atoms with Gasteiger partial charge in [-0.3, -0.25) is 4.79 Å².